The molecule has 0 bridgehead atoms. The highest BCUT2D eigenvalue weighted by molar-refractivity contribution is 5.74. The van der Waals surface area contributed by atoms with Gasteiger partial charge in [-0.15, -0.1) is 0 Å². The van der Waals surface area contributed by atoms with Crippen LogP contribution >= 0.6 is 0 Å². The molecule has 0 radical (unpaired) electrons. The molecule has 0 spiro atoms. The van der Waals surface area contributed by atoms with Gasteiger partial charge in [-0.1, -0.05) is 0 Å². The number of ether oxygens (including phenoxy) is 1. The van der Waals surface area contributed by atoms with Crippen molar-refractivity contribution in [3.05, 3.63) is 36.5 Å². The molecular formula is C13H13N5O3. The number of pyridine rings is 1. The Morgan fingerprint density at radius 2 is 2.05 bits per heavy atom. The number of nitrogens with one attached hydrogen (secondary N) is 3. The van der Waals surface area contributed by atoms with E-state index >= 15 is 0 Å². The fourth-order valence-corrected chi connectivity index (χ4v) is 1.92. The van der Waals surface area contributed by atoms with Gasteiger partial charge in [-0.3, -0.25) is 5.32 Å². The number of rotatable bonds is 3. The summed E-state index contributed by atoms with van der Waals surface area (Å²) in [6.45, 7) is 0. The number of amides is 1. The molecule has 2 aromatic rings. The second kappa shape index (κ2) is 5.08. The summed E-state index contributed by atoms with van der Waals surface area (Å²) in [6.07, 6.45) is -0.199. The number of nitrogens with two attached hydrogens (primary N) is 1. The first-order valence-corrected chi connectivity index (χ1v) is 6.16. The summed E-state index contributed by atoms with van der Waals surface area (Å²) in [4.78, 5) is 14.8. The van der Waals surface area contributed by atoms with Gasteiger partial charge >= 0.3 is 6.09 Å². The average molecular weight is 287 g/mol. The van der Waals surface area contributed by atoms with Gasteiger partial charge in [0.05, 0.1) is 11.9 Å². The lowest BCUT2D eigenvalue weighted by Crippen LogP contribution is -2.42. The maximum absolute atomic E-state index is 10.6. The van der Waals surface area contributed by atoms with Crippen LogP contribution in [0.25, 0.3) is 0 Å². The van der Waals surface area contributed by atoms with Crippen molar-refractivity contribution in [1.29, 1.82) is 0 Å². The Labute approximate surface area is 119 Å². The summed E-state index contributed by atoms with van der Waals surface area (Å²) >= 11 is 0. The van der Waals surface area contributed by atoms with E-state index in [4.69, 9.17) is 15.6 Å². The summed E-state index contributed by atoms with van der Waals surface area (Å²) in [7, 11) is 0. The normalized spacial score (nSPS) is 15.5. The molecule has 8 heteroatoms. The SMILES string of the molecule is Nc1ccc(Oc2cnc3c(c2)NC(NC(=O)O)N3)cc1. The standard InChI is InChI=1S/C13H13N5O3/c14-7-1-3-8(4-2-7)21-9-5-10-11(15-6-9)17-12(16-10)18-13(19)20/h1-6,12,16,18H,14H2,(H,15,17)(H,19,20). The molecule has 0 aliphatic carbocycles. The van der Waals surface area contributed by atoms with Crippen molar-refractivity contribution in [2.45, 2.75) is 6.29 Å². The van der Waals surface area contributed by atoms with Gasteiger partial charge in [-0.2, -0.15) is 0 Å². The van der Waals surface area contributed by atoms with Crippen LogP contribution in [-0.4, -0.2) is 22.5 Å². The van der Waals surface area contributed by atoms with E-state index < -0.39 is 12.4 Å². The molecule has 108 valence electrons. The van der Waals surface area contributed by atoms with Gasteiger partial charge in [0.25, 0.3) is 0 Å². The quantitative estimate of drug-likeness (QED) is 0.546. The first kappa shape index (κ1) is 12.9. The maximum Gasteiger partial charge on any atom is 0.407 e. The van der Waals surface area contributed by atoms with E-state index in [2.05, 4.69) is 20.9 Å². The van der Waals surface area contributed by atoms with Crippen molar-refractivity contribution < 1.29 is 14.6 Å². The van der Waals surface area contributed by atoms with Crippen molar-refractivity contribution in [3.8, 4) is 11.5 Å². The molecule has 8 nitrogen and oxygen atoms in total. The number of fused-ring (bicyclic) bond motifs is 1. The van der Waals surface area contributed by atoms with Gasteiger partial charge in [0.1, 0.15) is 11.5 Å². The lowest BCUT2D eigenvalue weighted by atomic mass is 10.3. The summed E-state index contributed by atoms with van der Waals surface area (Å²) in [5.41, 5.74) is 6.92. The van der Waals surface area contributed by atoms with E-state index in [-0.39, 0.29) is 0 Å². The number of hydrogen-bond acceptors (Lipinski definition) is 6. The summed E-state index contributed by atoms with van der Waals surface area (Å²) in [5, 5.41) is 16.8. The zero-order chi connectivity index (χ0) is 14.8. The smallest absolute Gasteiger partial charge is 0.407 e. The molecule has 0 saturated carbocycles. The average Bonchev–Trinajstić information content (AvgIpc) is 2.82. The molecule has 1 amide bonds. The van der Waals surface area contributed by atoms with Crippen LogP contribution in [0.4, 0.5) is 22.0 Å². The zero-order valence-corrected chi connectivity index (χ0v) is 10.8. The number of hydrogen-bond donors (Lipinski definition) is 5. The Hall–Kier alpha value is -3.16. The van der Waals surface area contributed by atoms with Crippen LogP contribution in [0, 0.1) is 0 Å². The predicted octanol–water partition coefficient (Wildman–Crippen LogP) is 1.84. The first-order chi connectivity index (χ1) is 10.1. The van der Waals surface area contributed by atoms with E-state index in [0.29, 0.717) is 28.7 Å². The van der Waals surface area contributed by atoms with Gasteiger partial charge < -0.3 is 26.2 Å². The van der Waals surface area contributed by atoms with Crippen LogP contribution < -0.4 is 26.4 Å². The van der Waals surface area contributed by atoms with Crippen molar-refractivity contribution in [1.82, 2.24) is 10.3 Å². The van der Waals surface area contributed by atoms with E-state index in [1.54, 1.807) is 36.5 Å². The summed E-state index contributed by atoms with van der Waals surface area (Å²) < 4.78 is 5.65. The Balaban J connectivity index is 1.73. The monoisotopic (exact) mass is 287 g/mol. The Bertz CT molecular complexity index is 674. The molecule has 1 unspecified atom stereocenters. The minimum Gasteiger partial charge on any atom is -0.465 e. The van der Waals surface area contributed by atoms with Crippen molar-refractivity contribution in [3.63, 3.8) is 0 Å². The van der Waals surface area contributed by atoms with Crippen molar-refractivity contribution in [2.75, 3.05) is 16.4 Å². The predicted molar refractivity (Wildman–Crippen MR) is 77.4 cm³/mol. The highest BCUT2D eigenvalue weighted by Crippen LogP contribution is 2.31. The molecule has 0 fully saturated rings. The summed E-state index contributed by atoms with van der Waals surface area (Å²) in [5.74, 6) is 1.72. The fourth-order valence-electron chi connectivity index (χ4n) is 1.92. The number of carbonyl (C=O) groups is 1. The molecule has 1 aromatic heterocycles. The van der Waals surface area contributed by atoms with Crippen LogP contribution in [0.15, 0.2) is 36.5 Å². The molecule has 1 aliphatic rings. The van der Waals surface area contributed by atoms with E-state index in [1.165, 1.54) is 0 Å². The molecule has 21 heavy (non-hydrogen) atoms. The maximum atomic E-state index is 10.6. The molecule has 1 aromatic carbocycles. The third kappa shape index (κ3) is 2.89. The largest absolute Gasteiger partial charge is 0.465 e. The molecule has 1 aliphatic heterocycles. The van der Waals surface area contributed by atoms with Gasteiger partial charge in [0.2, 0.25) is 0 Å². The van der Waals surface area contributed by atoms with Gasteiger partial charge in [-0.25, -0.2) is 9.78 Å². The van der Waals surface area contributed by atoms with E-state index in [0.717, 1.165) is 0 Å². The second-order valence-electron chi connectivity index (χ2n) is 4.41. The topological polar surface area (TPSA) is 122 Å². The molecule has 3 rings (SSSR count). The minimum atomic E-state index is -1.13. The Kier molecular flexibility index (Phi) is 3.11. The van der Waals surface area contributed by atoms with Crippen LogP contribution in [-0.2, 0) is 0 Å². The molecular weight excluding hydrogens is 274 g/mol. The first-order valence-electron chi connectivity index (χ1n) is 6.16. The highest BCUT2D eigenvalue weighted by atomic mass is 16.5. The van der Waals surface area contributed by atoms with Crippen LogP contribution in [0.3, 0.4) is 0 Å². The lowest BCUT2D eigenvalue weighted by Gasteiger charge is -2.10. The number of aromatic nitrogens is 1. The Morgan fingerprint density at radius 3 is 2.76 bits per heavy atom. The third-order valence-electron chi connectivity index (χ3n) is 2.83. The van der Waals surface area contributed by atoms with Crippen LogP contribution in [0.2, 0.25) is 0 Å². The van der Waals surface area contributed by atoms with Gasteiger partial charge in [-0.05, 0) is 24.3 Å². The van der Waals surface area contributed by atoms with Crippen LogP contribution in [0.5, 0.6) is 11.5 Å². The summed E-state index contributed by atoms with van der Waals surface area (Å²) in [6, 6.07) is 8.72. The zero-order valence-electron chi connectivity index (χ0n) is 10.8. The van der Waals surface area contributed by atoms with Gasteiger partial charge in [0.15, 0.2) is 12.1 Å². The number of nitrogens with zero attached hydrogens (tertiary/aromatic N) is 1. The second-order valence-corrected chi connectivity index (χ2v) is 4.41. The number of nitrogen functional groups attached to an aromatic ring is 1. The Morgan fingerprint density at radius 1 is 1.29 bits per heavy atom. The molecule has 2 heterocycles. The minimum absolute atomic E-state index is 0.531. The highest BCUT2D eigenvalue weighted by Gasteiger charge is 2.22. The molecule has 0 saturated heterocycles. The van der Waals surface area contributed by atoms with E-state index in [1.807, 2.05) is 0 Å². The van der Waals surface area contributed by atoms with Crippen molar-refractivity contribution in [2.24, 2.45) is 0 Å². The van der Waals surface area contributed by atoms with Crippen molar-refractivity contribution >= 4 is 23.3 Å². The van der Waals surface area contributed by atoms with Gasteiger partial charge in [0, 0.05) is 11.8 Å². The van der Waals surface area contributed by atoms with E-state index in [9.17, 15) is 4.79 Å². The number of carboxylic acid groups (broad SMARTS) is 1. The number of benzene rings is 1. The fraction of sp³-hybridized carbons (Fsp3) is 0.0769. The lowest BCUT2D eigenvalue weighted by molar-refractivity contribution is 0.192. The third-order valence-corrected chi connectivity index (χ3v) is 2.83. The molecule has 6 N–H and O–H groups in total. The number of anilines is 3. The van der Waals surface area contributed by atoms with Crippen LogP contribution in [0.1, 0.15) is 0 Å². The molecule has 1 atom stereocenters.